The predicted octanol–water partition coefficient (Wildman–Crippen LogP) is 14.3. The minimum Gasteiger partial charge on any atom is -0.462 e. The first kappa shape index (κ1) is 57.7. The number of phosphoric ester groups is 1. The van der Waals surface area contributed by atoms with Crippen LogP contribution in [0.3, 0.4) is 0 Å². The molecule has 2 N–H and O–H groups in total. The molecule has 0 heterocycles. The molecule has 2 atom stereocenters. The third-order valence-electron chi connectivity index (χ3n) is 10.2. The monoisotopic (exact) mass is 864 g/mol. The quantitative estimate of drug-likeness (QED) is 0.0267. The first-order chi connectivity index (χ1) is 29.3. The molecule has 0 aliphatic rings. The SMILES string of the molecule is CC/C=C\C/C=C\C/C=C\C/C=C\C/C=C\CCCCCC(=O)OCC(COP(=O)(O)OCCNC)OC(=O)CCCCCCCCCCCCCCCCCCCCC. The molecule has 0 spiro atoms. The van der Waals surface area contributed by atoms with Gasteiger partial charge in [-0.3, -0.25) is 18.6 Å². The van der Waals surface area contributed by atoms with Crippen molar-refractivity contribution in [2.75, 3.05) is 33.4 Å². The van der Waals surface area contributed by atoms with E-state index in [1.54, 1.807) is 7.05 Å². The maximum absolute atomic E-state index is 12.7. The second-order valence-electron chi connectivity index (χ2n) is 15.9. The number of hydrogen-bond acceptors (Lipinski definition) is 8. The number of carbonyl (C=O) groups is 2. The van der Waals surface area contributed by atoms with E-state index in [2.05, 4.69) is 79.9 Å². The van der Waals surface area contributed by atoms with Gasteiger partial charge in [0.05, 0.1) is 13.2 Å². The minimum absolute atomic E-state index is 0.0236. The lowest BCUT2D eigenvalue weighted by Gasteiger charge is -2.20. The van der Waals surface area contributed by atoms with Gasteiger partial charge in [0.15, 0.2) is 6.10 Å². The summed E-state index contributed by atoms with van der Waals surface area (Å²) in [5.41, 5.74) is 0. The Balaban J connectivity index is 4.20. The van der Waals surface area contributed by atoms with Crippen LogP contribution in [0.1, 0.15) is 206 Å². The van der Waals surface area contributed by atoms with Gasteiger partial charge in [-0.05, 0) is 64.8 Å². The van der Waals surface area contributed by atoms with E-state index in [4.69, 9.17) is 18.5 Å². The highest BCUT2D eigenvalue weighted by Crippen LogP contribution is 2.43. The fraction of sp³-hybridized carbons (Fsp3) is 0.760. The molecule has 9 nitrogen and oxygen atoms in total. The molecule has 0 radical (unpaired) electrons. The number of rotatable bonds is 45. The summed E-state index contributed by atoms with van der Waals surface area (Å²) in [7, 11) is -2.66. The number of ether oxygens (including phenoxy) is 2. The van der Waals surface area contributed by atoms with E-state index in [0.29, 0.717) is 19.4 Å². The second-order valence-corrected chi connectivity index (χ2v) is 17.4. The number of phosphoric acid groups is 1. The Morgan fingerprint density at radius 2 is 0.950 bits per heavy atom. The molecule has 2 unspecified atom stereocenters. The van der Waals surface area contributed by atoms with Gasteiger partial charge in [0.1, 0.15) is 6.61 Å². The summed E-state index contributed by atoms with van der Waals surface area (Å²) in [4.78, 5) is 35.2. The van der Waals surface area contributed by atoms with Crippen molar-refractivity contribution in [2.24, 2.45) is 0 Å². The zero-order chi connectivity index (χ0) is 43.9. The normalized spacial score (nSPS) is 13.7. The summed E-state index contributed by atoms with van der Waals surface area (Å²) >= 11 is 0. The molecule has 0 aromatic rings. The van der Waals surface area contributed by atoms with Crippen LogP contribution in [0, 0.1) is 0 Å². The Labute approximate surface area is 368 Å². The van der Waals surface area contributed by atoms with E-state index in [1.165, 1.54) is 103 Å². The highest BCUT2D eigenvalue weighted by Gasteiger charge is 2.26. The lowest BCUT2D eigenvalue weighted by Crippen LogP contribution is -2.29. The Bertz CT molecular complexity index is 1170. The predicted molar refractivity (Wildman–Crippen MR) is 252 cm³/mol. The molecule has 0 fully saturated rings. The maximum Gasteiger partial charge on any atom is 0.472 e. The smallest absolute Gasteiger partial charge is 0.462 e. The molecule has 0 bridgehead atoms. The maximum atomic E-state index is 12.7. The largest absolute Gasteiger partial charge is 0.472 e. The third-order valence-corrected chi connectivity index (χ3v) is 11.1. The van der Waals surface area contributed by atoms with E-state index in [1.807, 2.05) is 0 Å². The summed E-state index contributed by atoms with van der Waals surface area (Å²) in [5, 5.41) is 2.83. The van der Waals surface area contributed by atoms with E-state index < -0.39 is 32.5 Å². The zero-order valence-corrected chi connectivity index (χ0v) is 39.5. The number of likely N-dealkylation sites (N-methyl/N-ethyl adjacent to an activating group) is 1. The Kier molecular flexibility index (Phi) is 44.5. The molecule has 60 heavy (non-hydrogen) atoms. The second kappa shape index (κ2) is 46.2. The molecule has 348 valence electrons. The number of nitrogens with one attached hydrogen (secondary N) is 1. The number of esters is 2. The van der Waals surface area contributed by atoms with Crippen LogP contribution < -0.4 is 5.32 Å². The van der Waals surface area contributed by atoms with Gasteiger partial charge >= 0.3 is 19.8 Å². The topological polar surface area (TPSA) is 120 Å². The number of allylic oxidation sites excluding steroid dienone is 10. The summed E-state index contributed by atoms with van der Waals surface area (Å²) in [6.45, 7) is 4.09. The van der Waals surface area contributed by atoms with E-state index >= 15 is 0 Å². The van der Waals surface area contributed by atoms with Gasteiger partial charge in [0.25, 0.3) is 0 Å². The Morgan fingerprint density at radius 3 is 1.42 bits per heavy atom. The van der Waals surface area contributed by atoms with Crippen molar-refractivity contribution in [1.82, 2.24) is 5.32 Å². The van der Waals surface area contributed by atoms with Crippen LogP contribution in [-0.4, -0.2) is 56.3 Å². The van der Waals surface area contributed by atoms with Crippen molar-refractivity contribution in [2.45, 2.75) is 213 Å². The lowest BCUT2D eigenvalue weighted by atomic mass is 10.0. The van der Waals surface area contributed by atoms with Gasteiger partial charge < -0.3 is 19.7 Å². The van der Waals surface area contributed by atoms with Crippen LogP contribution in [-0.2, 0) is 32.7 Å². The molecule has 0 saturated heterocycles. The van der Waals surface area contributed by atoms with Crippen molar-refractivity contribution < 1.29 is 37.6 Å². The van der Waals surface area contributed by atoms with Crippen LogP contribution >= 0.6 is 7.82 Å². The van der Waals surface area contributed by atoms with Crippen molar-refractivity contribution >= 4 is 19.8 Å². The number of hydrogen-bond donors (Lipinski definition) is 2. The van der Waals surface area contributed by atoms with Crippen LogP contribution in [0.2, 0.25) is 0 Å². The molecule has 0 rings (SSSR count). The van der Waals surface area contributed by atoms with E-state index in [0.717, 1.165) is 64.2 Å². The van der Waals surface area contributed by atoms with E-state index in [-0.39, 0.29) is 26.1 Å². The van der Waals surface area contributed by atoms with Gasteiger partial charge in [-0.2, -0.15) is 0 Å². The lowest BCUT2D eigenvalue weighted by molar-refractivity contribution is -0.161. The van der Waals surface area contributed by atoms with Crippen molar-refractivity contribution in [3.63, 3.8) is 0 Å². The van der Waals surface area contributed by atoms with Crippen LogP contribution in [0.5, 0.6) is 0 Å². The highest BCUT2D eigenvalue weighted by molar-refractivity contribution is 7.47. The van der Waals surface area contributed by atoms with Crippen molar-refractivity contribution in [3.8, 4) is 0 Å². The summed E-state index contributed by atoms with van der Waals surface area (Å²) < 4.78 is 33.3. The van der Waals surface area contributed by atoms with Gasteiger partial charge in [-0.25, -0.2) is 4.57 Å². The number of carbonyl (C=O) groups excluding carboxylic acids is 2. The van der Waals surface area contributed by atoms with Crippen LogP contribution in [0.15, 0.2) is 60.8 Å². The minimum atomic E-state index is -4.36. The average Bonchev–Trinajstić information content (AvgIpc) is 3.23. The average molecular weight is 864 g/mol. The molecule has 0 aliphatic heterocycles. The molecular formula is C50H90NO8P. The fourth-order valence-corrected chi connectivity index (χ4v) is 7.27. The van der Waals surface area contributed by atoms with Gasteiger partial charge in [-0.15, -0.1) is 0 Å². The standard InChI is InChI=1S/C50H90NO8P/c1-4-6-8-10-12-14-16-18-20-22-24-26-28-30-32-34-36-38-40-42-49(52)56-46-48(47-58-60(54,55)57-45-44-51-3)59-50(53)43-41-39-37-35-33-31-29-27-25-23-21-19-17-15-13-11-9-7-5-2/h6,8,12,14,18,20,24,26,30,32,48,51H,4-5,7,9-11,13,15-17,19,21-23,25,27-29,31,33-47H2,1-3H3,(H,54,55)/b8-6-,14-12-,20-18-,26-24-,32-30-. The summed E-state index contributed by atoms with van der Waals surface area (Å²) in [5.74, 6) is -0.840. The molecule has 0 aromatic carbocycles. The van der Waals surface area contributed by atoms with Gasteiger partial charge in [0, 0.05) is 19.4 Å². The molecule has 0 saturated carbocycles. The molecular weight excluding hydrogens is 774 g/mol. The van der Waals surface area contributed by atoms with E-state index in [9.17, 15) is 19.0 Å². The summed E-state index contributed by atoms with van der Waals surface area (Å²) in [6, 6.07) is 0. The van der Waals surface area contributed by atoms with Crippen LogP contribution in [0.4, 0.5) is 0 Å². The molecule has 10 heteroatoms. The van der Waals surface area contributed by atoms with Crippen molar-refractivity contribution in [1.29, 1.82) is 0 Å². The van der Waals surface area contributed by atoms with Crippen LogP contribution in [0.25, 0.3) is 0 Å². The summed E-state index contributed by atoms with van der Waals surface area (Å²) in [6.07, 6.45) is 54.1. The number of unbranched alkanes of at least 4 members (excludes halogenated alkanes) is 21. The molecule has 0 aromatic heterocycles. The van der Waals surface area contributed by atoms with Gasteiger partial charge in [-0.1, -0.05) is 197 Å². The molecule has 0 amide bonds. The molecule has 0 aliphatic carbocycles. The zero-order valence-electron chi connectivity index (χ0n) is 38.6. The first-order valence-corrected chi connectivity index (χ1v) is 25.7. The van der Waals surface area contributed by atoms with Gasteiger partial charge in [0.2, 0.25) is 0 Å². The highest BCUT2D eigenvalue weighted by atomic mass is 31.2. The third kappa shape index (κ3) is 45.2. The Morgan fingerprint density at radius 1 is 0.533 bits per heavy atom. The fourth-order valence-electron chi connectivity index (χ4n) is 6.52. The van der Waals surface area contributed by atoms with Crippen molar-refractivity contribution in [3.05, 3.63) is 60.8 Å². The Hall–Kier alpha value is -2.29. The first-order valence-electron chi connectivity index (χ1n) is 24.2.